The molecule has 2 unspecified atom stereocenters. The molecule has 0 aliphatic carbocycles. The Kier molecular flexibility index (Phi) is 7.13. The number of benzene rings is 2. The van der Waals surface area contributed by atoms with Crippen molar-refractivity contribution in [3.05, 3.63) is 69.5 Å². The number of carbonyl (C=O) groups is 1. The molecule has 1 N–H and O–H groups in total. The van der Waals surface area contributed by atoms with Gasteiger partial charge in [0.25, 0.3) is 0 Å². The maximum absolute atomic E-state index is 12.9. The zero-order chi connectivity index (χ0) is 22.7. The second kappa shape index (κ2) is 10.0. The average Bonchev–Trinajstić information content (AvgIpc) is 3.22. The van der Waals surface area contributed by atoms with Gasteiger partial charge in [-0.3, -0.25) is 9.69 Å². The normalized spacial score (nSPS) is 17.8. The highest BCUT2D eigenvalue weighted by Gasteiger charge is 2.28. The van der Waals surface area contributed by atoms with Crippen molar-refractivity contribution in [3.8, 4) is 11.4 Å². The molecule has 168 valence electrons. The van der Waals surface area contributed by atoms with Gasteiger partial charge in [0.05, 0.1) is 23.5 Å². The summed E-state index contributed by atoms with van der Waals surface area (Å²) < 4.78 is 5.44. The van der Waals surface area contributed by atoms with Gasteiger partial charge in [0.15, 0.2) is 0 Å². The van der Waals surface area contributed by atoms with E-state index in [2.05, 4.69) is 51.5 Å². The molecular formula is C24H26Cl2N4O2. The first kappa shape index (κ1) is 22.8. The average molecular weight is 473 g/mol. The van der Waals surface area contributed by atoms with Gasteiger partial charge in [-0.25, -0.2) is 0 Å². The van der Waals surface area contributed by atoms with Gasteiger partial charge in [-0.05, 0) is 57.0 Å². The number of aryl methyl sites for hydroxylation is 1. The zero-order valence-electron chi connectivity index (χ0n) is 18.1. The van der Waals surface area contributed by atoms with Crippen molar-refractivity contribution in [1.29, 1.82) is 0 Å². The summed E-state index contributed by atoms with van der Waals surface area (Å²) in [5.41, 5.74) is 2.99. The van der Waals surface area contributed by atoms with Crippen molar-refractivity contribution >= 4 is 29.1 Å². The van der Waals surface area contributed by atoms with Crippen LogP contribution in [0, 0.1) is 12.8 Å². The SMILES string of the molecule is Cc1ccc(C(C)NC(=O)C2CCCN(Cc3nc(-c4ccc(Cl)cc4Cl)no3)C2)cc1. The lowest BCUT2D eigenvalue weighted by Crippen LogP contribution is -2.43. The van der Waals surface area contributed by atoms with E-state index in [0.29, 0.717) is 40.4 Å². The van der Waals surface area contributed by atoms with E-state index in [9.17, 15) is 4.79 Å². The second-order valence-electron chi connectivity index (χ2n) is 8.35. The van der Waals surface area contributed by atoms with Gasteiger partial charge >= 0.3 is 0 Å². The molecule has 0 spiro atoms. The standard InChI is InChI=1S/C24H26Cl2N4O2/c1-15-5-7-17(8-6-15)16(2)27-24(31)18-4-3-11-30(13-18)14-22-28-23(29-32-22)20-10-9-19(25)12-21(20)26/h5-10,12,16,18H,3-4,11,13-14H2,1-2H3,(H,27,31). The third-order valence-electron chi connectivity index (χ3n) is 5.81. The minimum absolute atomic E-state index is 0.0268. The van der Waals surface area contributed by atoms with Crippen LogP contribution in [0.25, 0.3) is 11.4 Å². The summed E-state index contributed by atoms with van der Waals surface area (Å²) in [5.74, 6) is 0.951. The molecule has 1 fully saturated rings. The number of piperidine rings is 1. The van der Waals surface area contributed by atoms with E-state index in [1.807, 2.05) is 6.92 Å². The van der Waals surface area contributed by atoms with E-state index < -0.39 is 0 Å². The predicted molar refractivity (Wildman–Crippen MR) is 125 cm³/mol. The van der Waals surface area contributed by atoms with E-state index in [-0.39, 0.29) is 17.9 Å². The van der Waals surface area contributed by atoms with Crippen LogP contribution in [0.5, 0.6) is 0 Å². The number of likely N-dealkylation sites (tertiary alicyclic amines) is 1. The van der Waals surface area contributed by atoms with Gasteiger partial charge in [-0.2, -0.15) is 4.98 Å². The number of nitrogens with one attached hydrogen (secondary N) is 1. The molecule has 1 amide bonds. The first-order chi connectivity index (χ1) is 15.4. The van der Waals surface area contributed by atoms with Crippen LogP contribution in [-0.2, 0) is 11.3 Å². The van der Waals surface area contributed by atoms with Crippen molar-refractivity contribution < 1.29 is 9.32 Å². The Morgan fingerprint density at radius 3 is 2.78 bits per heavy atom. The molecule has 2 aromatic carbocycles. The highest BCUT2D eigenvalue weighted by atomic mass is 35.5. The summed E-state index contributed by atoms with van der Waals surface area (Å²) in [6.45, 7) is 6.11. The summed E-state index contributed by atoms with van der Waals surface area (Å²) >= 11 is 12.2. The molecule has 1 aliphatic rings. The molecule has 2 atom stereocenters. The van der Waals surface area contributed by atoms with Crippen molar-refractivity contribution in [2.75, 3.05) is 13.1 Å². The third kappa shape index (κ3) is 5.49. The number of halogens is 2. The predicted octanol–water partition coefficient (Wildman–Crippen LogP) is 5.44. The first-order valence-corrected chi connectivity index (χ1v) is 11.5. The number of hydrogen-bond acceptors (Lipinski definition) is 5. The van der Waals surface area contributed by atoms with E-state index >= 15 is 0 Å². The fourth-order valence-corrected chi connectivity index (χ4v) is 4.47. The van der Waals surface area contributed by atoms with Crippen LogP contribution < -0.4 is 5.32 Å². The van der Waals surface area contributed by atoms with E-state index in [1.54, 1.807) is 18.2 Å². The maximum atomic E-state index is 12.9. The van der Waals surface area contributed by atoms with Crippen molar-refractivity contribution in [2.24, 2.45) is 5.92 Å². The summed E-state index contributed by atoms with van der Waals surface area (Å²) in [6, 6.07) is 13.4. The Labute approximate surface area is 197 Å². The molecule has 3 aromatic rings. The van der Waals surface area contributed by atoms with Gasteiger partial charge in [-0.1, -0.05) is 58.2 Å². The van der Waals surface area contributed by atoms with Gasteiger partial charge < -0.3 is 9.84 Å². The molecule has 1 aliphatic heterocycles. The van der Waals surface area contributed by atoms with Crippen LogP contribution in [0.15, 0.2) is 47.0 Å². The Bertz CT molecular complexity index is 1080. The molecule has 4 rings (SSSR count). The summed E-state index contributed by atoms with van der Waals surface area (Å²) in [7, 11) is 0. The van der Waals surface area contributed by atoms with Crippen LogP contribution in [0.3, 0.4) is 0 Å². The van der Waals surface area contributed by atoms with Gasteiger partial charge in [0, 0.05) is 17.1 Å². The number of amides is 1. The van der Waals surface area contributed by atoms with Gasteiger partial charge in [0.1, 0.15) is 0 Å². The molecule has 1 saturated heterocycles. The fourth-order valence-electron chi connectivity index (χ4n) is 3.97. The fraction of sp³-hybridized carbons (Fsp3) is 0.375. The lowest BCUT2D eigenvalue weighted by atomic mass is 9.96. The molecule has 1 aromatic heterocycles. The number of nitrogens with zero attached hydrogens (tertiary/aromatic N) is 3. The molecule has 8 heteroatoms. The molecule has 6 nitrogen and oxygen atoms in total. The second-order valence-corrected chi connectivity index (χ2v) is 9.19. The topological polar surface area (TPSA) is 71.3 Å². The lowest BCUT2D eigenvalue weighted by Gasteiger charge is -2.31. The van der Waals surface area contributed by atoms with E-state index in [4.69, 9.17) is 27.7 Å². The van der Waals surface area contributed by atoms with Gasteiger partial charge in [0.2, 0.25) is 17.6 Å². The number of aromatic nitrogens is 2. The molecule has 2 heterocycles. The molecule has 0 radical (unpaired) electrons. The minimum atomic E-state index is -0.0650. The first-order valence-electron chi connectivity index (χ1n) is 10.8. The molecule has 0 bridgehead atoms. The third-order valence-corrected chi connectivity index (χ3v) is 6.36. The van der Waals surface area contributed by atoms with Crippen LogP contribution in [0.2, 0.25) is 10.0 Å². The summed E-state index contributed by atoms with van der Waals surface area (Å²) in [5, 5.41) is 8.25. The molecule has 0 saturated carbocycles. The molecule has 32 heavy (non-hydrogen) atoms. The highest BCUT2D eigenvalue weighted by molar-refractivity contribution is 6.36. The van der Waals surface area contributed by atoms with Crippen LogP contribution in [0.4, 0.5) is 0 Å². The Morgan fingerprint density at radius 1 is 1.25 bits per heavy atom. The molecular weight excluding hydrogens is 447 g/mol. The van der Waals surface area contributed by atoms with Crippen molar-refractivity contribution in [2.45, 2.75) is 39.3 Å². The monoisotopic (exact) mass is 472 g/mol. The maximum Gasteiger partial charge on any atom is 0.241 e. The largest absolute Gasteiger partial charge is 0.349 e. The highest BCUT2D eigenvalue weighted by Crippen LogP contribution is 2.29. The van der Waals surface area contributed by atoms with Gasteiger partial charge in [-0.15, -0.1) is 0 Å². The quantitative estimate of drug-likeness (QED) is 0.516. The van der Waals surface area contributed by atoms with Crippen molar-refractivity contribution in [1.82, 2.24) is 20.4 Å². The Balaban J connectivity index is 1.35. The zero-order valence-corrected chi connectivity index (χ0v) is 19.7. The van der Waals surface area contributed by atoms with Crippen LogP contribution >= 0.6 is 23.2 Å². The number of rotatable bonds is 6. The smallest absolute Gasteiger partial charge is 0.241 e. The minimum Gasteiger partial charge on any atom is -0.349 e. The number of carbonyl (C=O) groups excluding carboxylic acids is 1. The van der Waals surface area contributed by atoms with E-state index in [1.165, 1.54) is 5.56 Å². The Morgan fingerprint density at radius 2 is 2.03 bits per heavy atom. The van der Waals surface area contributed by atoms with Crippen LogP contribution in [-0.4, -0.2) is 34.0 Å². The van der Waals surface area contributed by atoms with Crippen LogP contribution in [0.1, 0.15) is 42.8 Å². The summed E-state index contributed by atoms with van der Waals surface area (Å²) in [6.07, 6.45) is 1.82. The summed E-state index contributed by atoms with van der Waals surface area (Å²) in [4.78, 5) is 19.6. The van der Waals surface area contributed by atoms with E-state index in [0.717, 1.165) is 24.9 Å². The van der Waals surface area contributed by atoms with Crippen molar-refractivity contribution in [3.63, 3.8) is 0 Å². The number of hydrogen-bond donors (Lipinski definition) is 1. The lowest BCUT2D eigenvalue weighted by molar-refractivity contribution is -0.127. The Hall–Kier alpha value is -2.41.